The van der Waals surface area contributed by atoms with E-state index in [1.807, 2.05) is 27.7 Å². The van der Waals surface area contributed by atoms with Gasteiger partial charge in [-0.3, -0.25) is 0 Å². The highest BCUT2D eigenvalue weighted by Crippen LogP contribution is 2.21. The molecule has 2 amide bonds. The molecule has 1 aliphatic rings. The number of carbonyl (C=O) groups is 1. The highest BCUT2D eigenvalue weighted by atomic mass is 16.2. The Hall–Kier alpha value is -0.730. The van der Waals surface area contributed by atoms with Gasteiger partial charge in [-0.25, -0.2) is 4.79 Å². The summed E-state index contributed by atoms with van der Waals surface area (Å²) < 4.78 is 0. The second-order valence-electron chi connectivity index (χ2n) is 4.85. The fourth-order valence-electron chi connectivity index (χ4n) is 1.40. The second kappa shape index (κ2) is 2.64. The van der Waals surface area contributed by atoms with Gasteiger partial charge in [-0.2, -0.15) is 0 Å². The maximum absolute atomic E-state index is 11.3. The molecule has 0 saturated carbocycles. The van der Waals surface area contributed by atoms with Crippen molar-refractivity contribution in [2.45, 2.75) is 51.6 Å². The van der Waals surface area contributed by atoms with Gasteiger partial charge in [-0.15, -0.1) is 0 Å². The van der Waals surface area contributed by atoms with Crippen LogP contribution in [0.15, 0.2) is 0 Å². The molecule has 0 aromatic heterocycles. The first-order valence-corrected chi connectivity index (χ1v) is 4.41. The fraction of sp³-hybridized carbons (Fsp3) is 0.889. The topological polar surface area (TPSA) is 41.1 Å². The molecular weight excluding hydrogens is 152 g/mol. The quantitative estimate of drug-likeness (QED) is 0.570. The predicted octanol–water partition coefficient (Wildman–Crippen LogP) is 1.64. The van der Waals surface area contributed by atoms with Crippen LogP contribution < -0.4 is 10.6 Å². The van der Waals surface area contributed by atoms with Gasteiger partial charge in [0.15, 0.2) is 0 Å². The van der Waals surface area contributed by atoms with Crippen molar-refractivity contribution < 1.29 is 4.79 Å². The minimum Gasteiger partial charge on any atom is -0.333 e. The zero-order valence-corrected chi connectivity index (χ0v) is 8.32. The highest BCUT2D eigenvalue weighted by molar-refractivity contribution is 5.75. The molecule has 1 rings (SSSR count). The Balaban J connectivity index is 2.72. The van der Waals surface area contributed by atoms with Gasteiger partial charge in [0.1, 0.15) is 0 Å². The molecule has 70 valence electrons. The lowest BCUT2D eigenvalue weighted by molar-refractivity contribution is 0.228. The average Bonchev–Trinajstić information content (AvgIpc) is 1.87. The number of hydrogen-bond donors (Lipinski definition) is 2. The van der Waals surface area contributed by atoms with E-state index in [0.717, 1.165) is 12.8 Å². The molecule has 0 radical (unpaired) electrons. The first-order valence-electron chi connectivity index (χ1n) is 4.41. The van der Waals surface area contributed by atoms with Gasteiger partial charge in [0.25, 0.3) is 0 Å². The Morgan fingerprint density at radius 1 is 1.00 bits per heavy atom. The van der Waals surface area contributed by atoms with Crippen LogP contribution in [-0.2, 0) is 0 Å². The fourth-order valence-corrected chi connectivity index (χ4v) is 1.40. The zero-order valence-electron chi connectivity index (χ0n) is 8.32. The number of nitrogens with one attached hydrogen (secondary N) is 2. The van der Waals surface area contributed by atoms with Crippen LogP contribution in [0.3, 0.4) is 0 Å². The third-order valence-corrected chi connectivity index (χ3v) is 2.28. The Morgan fingerprint density at radius 2 is 1.33 bits per heavy atom. The molecule has 3 heteroatoms. The summed E-state index contributed by atoms with van der Waals surface area (Å²) in [6, 6.07) is -0.0532. The summed E-state index contributed by atoms with van der Waals surface area (Å²) in [5.74, 6) is 0. The molecule has 0 bridgehead atoms. The molecule has 0 atom stereocenters. The monoisotopic (exact) mass is 170 g/mol. The Labute approximate surface area is 73.9 Å². The normalized spacial score (nSPS) is 26.8. The van der Waals surface area contributed by atoms with Crippen LogP contribution in [0.2, 0.25) is 0 Å². The number of rotatable bonds is 0. The van der Waals surface area contributed by atoms with Gasteiger partial charge >= 0.3 is 6.03 Å². The predicted molar refractivity (Wildman–Crippen MR) is 49.1 cm³/mol. The lowest BCUT2D eigenvalue weighted by Crippen LogP contribution is -2.49. The molecule has 0 unspecified atom stereocenters. The van der Waals surface area contributed by atoms with Crippen LogP contribution in [-0.4, -0.2) is 17.1 Å². The molecule has 3 nitrogen and oxygen atoms in total. The summed E-state index contributed by atoms with van der Waals surface area (Å²) in [4.78, 5) is 11.3. The van der Waals surface area contributed by atoms with Gasteiger partial charge in [-0.1, -0.05) is 0 Å². The molecule has 0 aromatic carbocycles. The lowest BCUT2D eigenvalue weighted by atomic mass is 9.91. The largest absolute Gasteiger partial charge is 0.333 e. The lowest BCUT2D eigenvalue weighted by Gasteiger charge is -2.23. The SMILES string of the molecule is CC1(C)CCC(C)(C)NC(=O)N1. The van der Waals surface area contributed by atoms with E-state index in [4.69, 9.17) is 0 Å². The number of amides is 2. The van der Waals surface area contributed by atoms with E-state index in [2.05, 4.69) is 10.6 Å². The van der Waals surface area contributed by atoms with Crippen LogP contribution in [0, 0.1) is 0 Å². The summed E-state index contributed by atoms with van der Waals surface area (Å²) in [6.45, 7) is 8.20. The second-order valence-corrected chi connectivity index (χ2v) is 4.85. The van der Waals surface area contributed by atoms with E-state index < -0.39 is 0 Å². The van der Waals surface area contributed by atoms with E-state index in [1.54, 1.807) is 0 Å². The smallest absolute Gasteiger partial charge is 0.315 e. The maximum Gasteiger partial charge on any atom is 0.315 e. The third kappa shape index (κ3) is 2.40. The van der Waals surface area contributed by atoms with Gasteiger partial charge in [0, 0.05) is 11.1 Å². The summed E-state index contributed by atoms with van der Waals surface area (Å²) >= 11 is 0. The molecule has 1 saturated heterocycles. The van der Waals surface area contributed by atoms with Gasteiger partial charge in [0.05, 0.1) is 0 Å². The summed E-state index contributed by atoms with van der Waals surface area (Å²) in [7, 11) is 0. The first-order chi connectivity index (χ1) is 5.31. The average molecular weight is 170 g/mol. The standard InChI is InChI=1S/C9H18N2O/c1-8(2)5-6-9(3,4)11-7(12)10-8/h5-6H2,1-4H3,(H2,10,11,12). The van der Waals surface area contributed by atoms with E-state index >= 15 is 0 Å². The molecular formula is C9H18N2O. The van der Waals surface area contributed by atoms with Crippen molar-refractivity contribution in [3.8, 4) is 0 Å². The molecule has 12 heavy (non-hydrogen) atoms. The van der Waals surface area contributed by atoms with E-state index in [0.29, 0.717) is 0 Å². The zero-order chi connectivity index (χ0) is 9.41. The summed E-state index contributed by atoms with van der Waals surface area (Å²) in [5.41, 5.74) is -0.143. The minimum atomic E-state index is -0.0716. The highest BCUT2D eigenvalue weighted by Gasteiger charge is 2.31. The molecule has 1 fully saturated rings. The van der Waals surface area contributed by atoms with Gasteiger partial charge in [-0.05, 0) is 40.5 Å². The number of carbonyl (C=O) groups excluding carboxylic acids is 1. The van der Waals surface area contributed by atoms with E-state index in [9.17, 15) is 4.79 Å². The molecule has 0 aliphatic carbocycles. The van der Waals surface area contributed by atoms with Crippen molar-refractivity contribution in [3.63, 3.8) is 0 Å². The van der Waals surface area contributed by atoms with E-state index in [1.165, 1.54) is 0 Å². The Morgan fingerprint density at radius 3 is 1.67 bits per heavy atom. The Kier molecular flexibility index (Phi) is 2.06. The molecule has 1 heterocycles. The van der Waals surface area contributed by atoms with Crippen molar-refractivity contribution >= 4 is 6.03 Å². The summed E-state index contributed by atoms with van der Waals surface area (Å²) in [6.07, 6.45) is 2.03. The van der Waals surface area contributed by atoms with Crippen LogP contribution >= 0.6 is 0 Å². The third-order valence-electron chi connectivity index (χ3n) is 2.28. The number of hydrogen-bond acceptors (Lipinski definition) is 1. The van der Waals surface area contributed by atoms with Crippen molar-refractivity contribution in [1.82, 2.24) is 10.6 Å². The van der Waals surface area contributed by atoms with Crippen LogP contribution in [0.5, 0.6) is 0 Å². The molecule has 0 spiro atoms. The molecule has 1 aliphatic heterocycles. The molecule has 2 N–H and O–H groups in total. The minimum absolute atomic E-state index is 0.0532. The van der Waals surface area contributed by atoms with Gasteiger partial charge in [0.2, 0.25) is 0 Å². The van der Waals surface area contributed by atoms with Gasteiger partial charge < -0.3 is 10.6 Å². The first kappa shape index (κ1) is 9.36. The van der Waals surface area contributed by atoms with Crippen LogP contribution in [0.25, 0.3) is 0 Å². The van der Waals surface area contributed by atoms with Crippen molar-refractivity contribution in [2.75, 3.05) is 0 Å². The van der Waals surface area contributed by atoms with Crippen molar-refractivity contribution in [1.29, 1.82) is 0 Å². The van der Waals surface area contributed by atoms with Crippen LogP contribution in [0.1, 0.15) is 40.5 Å². The van der Waals surface area contributed by atoms with E-state index in [-0.39, 0.29) is 17.1 Å². The maximum atomic E-state index is 11.3. The number of urea groups is 1. The van der Waals surface area contributed by atoms with Crippen LogP contribution in [0.4, 0.5) is 4.79 Å². The molecule has 0 aromatic rings. The van der Waals surface area contributed by atoms with Crippen molar-refractivity contribution in [2.24, 2.45) is 0 Å². The Bertz CT molecular complexity index is 177. The van der Waals surface area contributed by atoms with Crippen molar-refractivity contribution in [3.05, 3.63) is 0 Å². The summed E-state index contributed by atoms with van der Waals surface area (Å²) in [5, 5.41) is 5.85.